The molecule has 0 heterocycles. The molecule has 0 aliphatic heterocycles. The first-order chi connectivity index (χ1) is 10.3. The number of rotatable bonds is 5. The van der Waals surface area contributed by atoms with Gasteiger partial charge in [-0.25, -0.2) is 0 Å². The van der Waals surface area contributed by atoms with Gasteiger partial charge >= 0.3 is 0 Å². The molecule has 0 spiro atoms. The van der Waals surface area contributed by atoms with Gasteiger partial charge < -0.3 is 10.1 Å². The highest BCUT2D eigenvalue weighted by molar-refractivity contribution is 6.31. The molecule has 0 amide bonds. The van der Waals surface area contributed by atoms with Crippen LogP contribution in [0.15, 0.2) is 48.5 Å². The zero-order valence-corrected chi connectivity index (χ0v) is 12.9. The van der Waals surface area contributed by atoms with Crippen molar-refractivity contribution in [2.75, 3.05) is 7.11 Å². The van der Waals surface area contributed by atoms with Crippen molar-refractivity contribution in [2.45, 2.75) is 31.3 Å². The minimum atomic E-state index is 0.581. The SMILES string of the molecule is COc1cccc(CNC2CC(c3ccccc3Cl)C2)c1. The minimum absolute atomic E-state index is 0.581. The molecule has 110 valence electrons. The summed E-state index contributed by atoms with van der Waals surface area (Å²) in [5, 5.41) is 4.50. The van der Waals surface area contributed by atoms with E-state index in [1.54, 1.807) is 7.11 Å². The average Bonchev–Trinajstić information content (AvgIpc) is 2.47. The van der Waals surface area contributed by atoms with E-state index in [0.29, 0.717) is 12.0 Å². The van der Waals surface area contributed by atoms with Gasteiger partial charge in [0.05, 0.1) is 7.11 Å². The number of ether oxygens (including phenoxy) is 1. The largest absolute Gasteiger partial charge is 0.497 e. The van der Waals surface area contributed by atoms with E-state index < -0.39 is 0 Å². The van der Waals surface area contributed by atoms with Crippen molar-refractivity contribution < 1.29 is 4.74 Å². The lowest BCUT2D eigenvalue weighted by Crippen LogP contribution is -2.39. The highest BCUT2D eigenvalue weighted by atomic mass is 35.5. The molecule has 0 unspecified atom stereocenters. The summed E-state index contributed by atoms with van der Waals surface area (Å²) in [6, 6.07) is 17.0. The van der Waals surface area contributed by atoms with Gasteiger partial charge in [0.15, 0.2) is 0 Å². The van der Waals surface area contributed by atoms with Crippen molar-refractivity contribution >= 4 is 11.6 Å². The zero-order chi connectivity index (χ0) is 14.7. The molecule has 1 aliphatic carbocycles. The number of nitrogens with one attached hydrogen (secondary N) is 1. The van der Waals surface area contributed by atoms with Gasteiger partial charge in [-0.2, -0.15) is 0 Å². The van der Waals surface area contributed by atoms with E-state index in [1.165, 1.54) is 11.1 Å². The molecule has 0 bridgehead atoms. The Hall–Kier alpha value is -1.51. The number of benzene rings is 2. The van der Waals surface area contributed by atoms with Crippen LogP contribution in [0.1, 0.15) is 29.9 Å². The van der Waals surface area contributed by atoms with Crippen LogP contribution < -0.4 is 10.1 Å². The Morgan fingerprint density at radius 1 is 1.14 bits per heavy atom. The third-order valence-corrected chi connectivity index (χ3v) is 4.56. The molecule has 21 heavy (non-hydrogen) atoms. The molecule has 0 atom stereocenters. The van der Waals surface area contributed by atoms with Crippen LogP contribution in [0.2, 0.25) is 5.02 Å². The molecular weight excluding hydrogens is 282 g/mol. The Morgan fingerprint density at radius 2 is 1.95 bits per heavy atom. The topological polar surface area (TPSA) is 21.3 Å². The molecule has 2 aromatic rings. The molecule has 2 nitrogen and oxygen atoms in total. The lowest BCUT2D eigenvalue weighted by atomic mass is 9.76. The number of halogens is 1. The standard InChI is InChI=1S/C18H20ClNO/c1-21-16-6-4-5-13(9-16)12-20-15-10-14(11-15)17-7-2-3-8-18(17)19/h2-9,14-15,20H,10-12H2,1H3. The summed E-state index contributed by atoms with van der Waals surface area (Å²) in [4.78, 5) is 0. The van der Waals surface area contributed by atoms with E-state index in [4.69, 9.17) is 16.3 Å². The number of methoxy groups -OCH3 is 1. The summed E-state index contributed by atoms with van der Waals surface area (Å²) >= 11 is 6.25. The maximum absolute atomic E-state index is 6.25. The van der Waals surface area contributed by atoms with E-state index in [0.717, 1.165) is 30.2 Å². The van der Waals surface area contributed by atoms with Crippen LogP contribution in [0.25, 0.3) is 0 Å². The fourth-order valence-corrected chi connectivity index (χ4v) is 3.18. The highest BCUT2D eigenvalue weighted by Gasteiger charge is 2.30. The molecule has 0 saturated heterocycles. The Labute approximate surface area is 131 Å². The second kappa shape index (κ2) is 6.50. The molecule has 0 aromatic heterocycles. The van der Waals surface area contributed by atoms with Gasteiger partial charge in [-0.05, 0) is 48.1 Å². The van der Waals surface area contributed by atoms with Gasteiger partial charge in [0.2, 0.25) is 0 Å². The number of hydrogen-bond donors (Lipinski definition) is 1. The van der Waals surface area contributed by atoms with E-state index in [1.807, 2.05) is 24.3 Å². The summed E-state index contributed by atoms with van der Waals surface area (Å²) in [5.74, 6) is 1.51. The van der Waals surface area contributed by atoms with E-state index >= 15 is 0 Å². The van der Waals surface area contributed by atoms with Gasteiger partial charge in [-0.1, -0.05) is 41.9 Å². The van der Waals surface area contributed by atoms with Gasteiger partial charge in [0, 0.05) is 17.6 Å². The fourth-order valence-electron chi connectivity index (χ4n) is 2.89. The van der Waals surface area contributed by atoms with E-state index in [2.05, 4.69) is 29.6 Å². The molecule has 1 fully saturated rings. The predicted octanol–water partition coefficient (Wildman–Crippen LogP) is 4.38. The summed E-state index contributed by atoms with van der Waals surface area (Å²) in [5.41, 5.74) is 2.55. The first kappa shape index (κ1) is 14.4. The Kier molecular flexibility index (Phi) is 4.47. The van der Waals surface area contributed by atoms with Crippen LogP contribution in [0, 0.1) is 0 Å². The van der Waals surface area contributed by atoms with Crippen LogP contribution in [-0.4, -0.2) is 13.2 Å². The lowest BCUT2D eigenvalue weighted by Gasteiger charge is -2.37. The molecule has 1 aliphatic rings. The first-order valence-electron chi connectivity index (χ1n) is 7.37. The molecule has 2 aromatic carbocycles. The fraction of sp³-hybridized carbons (Fsp3) is 0.333. The predicted molar refractivity (Wildman–Crippen MR) is 87.0 cm³/mol. The molecule has 3 heteroatoms. The molecule has 3 rings (SSSR count). The van der Waals surface area contributed by atoms with E-state index in [-0.39, 0.29) is 0 Å². The highest BCUT2D eigenvalue weighted by Crippen LogP contribution is 2.39. The maximum atomic E-state index is 6.25. The molecule has 1 N–H and O–H groups in total. The van der Waals surface area contributed by atoms with E-state index in [9.17, 15) is 0 Å². The average molecular weight is 302 g/mol. The van der Waals surface area contributed by atoms with Crippen LogP contribution in [-0.2, 0) is 6.54 Å². The van der Waals surface area contributed by atoms with Crippen molar-refractivity contribution in [3.8, 4) is 5.75 Å². The van der Waals surface area contributed by atoms with Crippen molar-refractivity contribution in [2.24, 2.45) is 0 Å². The summed E-state index contributed by atoms with van der Waals surface area (Å²) < 4.78 is 5.25. The molecular formula is C18H20ClNO. The third-order valence-electron chi connectivity index (χ3n) is 4.21. The van der Waals surface area contributed by atoms with Crippen LogP contribution in [0.5, 0.6) is 5.75 Å². The van der Waals surface area contributed by atoms with Crippen LogP contribution in [0.3, 0.4) is 0 Å². The molecule has 0 radical (unpaired) electrons. The summed E-state index contributed by atoms with van der Waals surface area (Å²) in [7, 11) is 1.70. The normalized spacial score (nSPS) is 20.9. The Morgan fingerprint density at radius 3 is 2.71 bits per heavy atom. The van der Waals surface area contributed by atoms with Gasteiger partial charge in [0.1, 0.15) is 5.75 Å². The van der Waals surface area contributed by atoms with Crippen molar-refractivity contribution in [1.29, 1.82) is 0 Å². The zero-order valence-electron chi connectivity index (χ0n) is 12.2. The van der Waals surface area contributed by atoms with Gasteiger partial charge in [-0.3, -0.25) is 0 Å². The van der Waals surface area contributed by atoms with Crippen molar-refractivity contribution in [1.82, 2.24) is 5.32 Å². The maximum Gasteiger partial charge on any atom is 0.119 e. The first-order valence-corrected chi connectivity index (χ1v) is 7.75. The quantitative estimate of drug-likeness (QED) is 0.884. The lowest BCUT2D eigenvalue weighted by molar-refractivity contribution is 0.289. The van der Waals surface area contributed by atoms with Crippen LogP contribution >= 0.6 is 11.6 Å². The second-order valence-electron chi connectivity index (χ2n) is 5.62. The minimum Gasteiger partial charge on any atom is -0.497 e. The second-order valence-corrected chi connectivity index (χ2v) is 6.03. The van der Waals surface area contributed by atoms with Crippen molar-refractivity contribution in [3.63, 3.8) is 0 Å². The Bertz CT molecular complexity index is 608. The van der Waals surface area contributed by atoms with Gasteiger partial charge in [-0.15, -0.1) is 0 Å². The summed E-state index contributed by atoms with van der Waals surface area (Å²) in [6.07, 6.45) is 2.32. The summed E-state index contributed by atoms with van der Waals surface area (Å²) in [6.45, 7) is 0.886. The number of hydrogen-bond acceptors (Lipinski definition) is 2. The van der Waals surface area contributed by atoms with Crippen LogP contribution in [0.4, 0.5) is 0 Å². The van der Waals surface area contributed by atoms with Gasteiger partial charge in [0.25, 0.3) is 0 Å². The van der Waals surface area contributed by atoms with Crippen molar-refractivity contribution in [3.05, 3.63) is 64.7 Å². The smallest absolute Gasteiger partial charge is 0.119 e. The monoisotopic (exact) mass is 301 g/mol. The molecule has 1 saturated carbocycles. The third kappa shape index (κ3) is 3.39. The Balaban J connectivity index is 1.50.